The molecule has 1 aliphatic rings. The van der Waals surface area contributed by atoms with Crippen LogP contribution in [0, 0.1) is 10.9 Å². The van der Waals surface area contributed by atoms with E-state index in [0.717, 1.165) is 28.0 Å². The highest BCUT2D eigenvalue weighted by Gasteiger charge is 2.51. The quantitative estimate of drug-likeness (QED) is 0.261. The van der Waals surface area contributed by atoms with Crippen LogP contribution in [-0.4, -0.2) is 17.2 Å². The molecule has 1 heterocycles. The van der Waals surface area contributed by atoms with Crippen LogP contribution in [0.2, 0.25) is 0 Å². The van der Waals surface area contributed by atoms with Crippen LogP contribution in [0.25, 0.3) is 21.6 Å². The zero-order chi connectivity index (χ0) is 26.2. The fourth-order valence-corrected chi connectivity index (χ4v) is 5.23. The minimum absolute atomic E-state index is 0.244. The summed E-state index contributed by atoms with van der Waals surface area (Å²) in [6.07, 6.45) is -0.343. The molecule has 0 saturated heterocycles. The third-order valence-electron chi connectivity index (χ3n) is 6.64. The van der Waals surface area contributed by atoms with E-state index in [1.807, 2.05) is 48.5 Å². The maximum absolute atomic E-state index is 14.2. The first-order valence-corrected chi connectivity index (χ1v) is 12.5. The number of thiophene rings is 1. The van der Waals surface area contributed by atoms with Crippen LogP contribution in [0.1, 0.15) is 37.0 Å². The maximum atomic E-state index is 14.2. The third-order valence-corrected chi connectivity index (χ3v) is 7.62. The Kier molecular flexibility index (Phi) is 6.52. The highest BCUT2D eigenvalue weighted by molar-refractivity contribution is 7.14. The molecule has 37 heavy (non-hydrogen) atoms. The van der Waals surface area contributed by atoms with Crippen molar-refractivity contribution < 1.29 is 28.2 Å². The number of rotatable bonds is 7. The Hall–Kier alpha value is -4.04. The van der Waals surface area contributed by atoms with E-state index in [2.05, 4.69) is 5.32 Å². The van der Waals surface area contributed by atoms with Crippen LogP contribution in [0.3, 0.4) is 0 Å². The number of ether oxygens (including phenoxy) is 1. The summed E-state index contributed by atoms with van der Waals surface area (Å²) in [6, 6.07) is 22.2. The van der Waals surface area contributed by atoms with Crippen LogP contribution >= 0.6 is 11.3 Å². The lowest BCUT2D eigenvalue weighted by atomic mass is 9.93. The van der Waals surface area contributed by atoms with Gasteiger partial charge in [0.2, 0.25) is 0 Å². The maximum Gasteiger partial charge on any atom is 0.412 e. The number of nitrogens with one attached hydrogen (secondary N) is 1. The number of carboxylic acids is 1. The van der Waals surface area contributed by atoms with Crippen molar-refractivity contribution in [2.75, 3.05) is 5.32 Å². The van der Waals surface area contributed by atoms with Crippen molar-refractivity contribution in [1.82, 2.24) is 0 Å². The lowest BCUT2D eigenvalue weighted by Crippen LogP contribution is -2.19. The van der Waals surface area contributed by atoms with Gasteiger partial charge in [0.1, 0.15) is 11.9 Å². The van der Waals surface area contributed by atoms with Gasteiger partial charge < -0.3 is 9.84 Å². The lowest BCUT2D eigenvalue weighted by Gasteiger charge is -2.15. The predicted molar refractivity (Wildman–Crippen MR) is 139 cm³/mol. The Morgan fingerprint density at radius 1 is 0.946 bits per heavy atom. The fourth-order valence-electron chi connectivity index (χ4n) is 4.38. The second-order valence-corrected chi connectivity index (χ2v) is 10.0. The molecule has 0 spiro atoms. The predicted octanol–water partition coefficient (Wildman–Crippen LogP) is 7.79. The van der Waals surface area contributed by atoms with Crippen molar-refractivity contribution in [3.05, 3.63) is 101 Å². The van der Waals surface area contributed by atoms with E-state index >= 15 is 0 Å². The van der Waals surface area contributed by atoms with Crippen molar-refractivity contribution in [2.24, 2.45) is 0 Å². The summed E-state index contributed by atoms with van der Waals surface area (Å²) in [7, 11) is 0. The standard InChI is InChI=1S/C29H23F2NO4S/c1-17(22-4-2-3-5-23(22)30)36-28(35)32-24-16-25(31)37-26(24)20-8-6-18(7-9-20)19-10-12-21(13-11-19)29(14-15-29)27(33)34/h2-13,16-17H,14-15H2,1H3,(H,32,35)(H,33,34)/t17-/m1/s1. The lowest BCUT2D eigenvalue weighted by molar-refractivity contribution is -0.140. The van der Waals surface area contributed by atoms with E-state index in [9.17, 15) is 23.5 Å². The summed E-state index contributed by atoms with van der Waals surface area (Å²) in [5.41, 5.74) is 3.11. The number of carbonyl (C=O) groups is 2. The minimum atomic E-state index is -0.830. The number of halogens is 2. The molecule has 1 saturated carbocycles. The number of hydrogen-bond donors (Lipinski definition) is 2. The zero-order valence-corrected chi connectivity index (χ0v) is 20.6. The molecule has 1 aromatic heterocycles. The van der Waals surface area contributed by atoms with E-state index < -0.39 is 34.5 Å². The molecule has 0 bridgehead atoms. The third kappa shape index (κ3) is 4.97. The van der Waals surface area contributed by atoms with Gasteiger partial charge in [0.05, 0.1) is 16.0 Å². The van der Waals surface area contributed by atoms with E-state index in [-0.39, 0.29) is 11.3 Å². The van der Waals surface area contributed by atoms with Gasteiger partial charge in [-0.2, -0.15) is 4.39 Å². The van der Waals surface area contributed by atoms with Crippen molar-refractivity contribution in [3.8, 4) is 21.6 Å². The summed E-state index contributed by atoms with van der Waals surface area (Å²) < 4.78 is 33.5. The van der Waals surface area contributed by atoms with Gasteiger partial charge in [0.25, 0.3) is 0 Å². The molecule has 2 N–H and O–H groups in total. The van der Waals surface area contributed by atoms with Crippen LogP contribution < -0.4 is 5.32 Å². The van der Waals surface area contributed by atoms with Gasteiger partial charge in [-0.15, -0.1) is 11.3 Å². The topological polar surface area (TPSA) is 75.6 Å². The molecular weight excluding hydrogens is 496 g/mol. The van der Waals surface area contributed by atoms with Crippen LogP contribution in [-0.2, 0) is 14.9 Å². The average molecular weight is 520 g/mol. The number of carboxylic acid groups (broad SMARTS) is 1. The van der Waals surface area contributed by atoms with E-state index in [1.165, 1.54) is 18.2 Å². The highest BCUT2D eigenvalue weighted by Crippen LogP contribution is 2.48. The summed E-state index contributed by atoms with van der Waals surface area (Å²) in [4.78, 5) is 24.6. The average Bonchev–Trinajstić information content (AvgIpc) is 3.62. The molecule has 1 fully saturated rings. The second-order valence-electron chi connectivity index (χ2n) is 9.03. The van der Waals surface area contributed by atoms with Gasteiger partial charge in [-0.05, 0) is 48.1 Å². The number of aliphatic carboxylic acids is 1. The van der Waals surface area contributed by atoms with Gasteiger partial charge in [-0.1, -0.05) is 66.7 Å². The Bertz CT molecular complexity index is 1460. The molecule has 5 nitrogen and oxygen atoms in total. The largest absolute Gasteiger partial charge is 0.481 e. The first kappa shape index (κ1) is 24.6. The molecule has 4 aromatic rings. The summed E-state index contributed by atoms with van der Waals surface area (Å²) in [6.45, 7) is 1.56. The van der Waals surface area contributed by atoms with Crippen molar-refractivity contribution in [3.63, 3.8) is 0 Å². The first-order valence-electron chi connectivity index (χ1n) is 11.7. The Labute approximate surface area is 216 Å². The minimum Gasteiger partial charge on any atom is -0.481 e. The Balaban J connectivity index is 1.30. The van der Waals surface area contributed by atoms with Gasteiger partial charge >= 0.3 is 12.1 Å². The van der Waals surface area contributed by atoms with Crippen molar-refractivity contribution in [2.45, 2.75) is 31.3 Å². The molecule has 5 rings (SSSR count). The normalized spacial score (nSPS) is 14.6. The molecule has 1 atom stereocenters. The molecule has 0 unspecified atom stereocenters. The smallest absolute Gasteiger partial charge is 0.412 e. The van der Waals surface area contributed by atoms with Crippen LogP contribution in [0.4, 0.5) is 19.3 Å². The van der Waals surface area contributed by atoms with E-state index in [1.54, 1.807) is 19.1 Å². The Morgan fingerprint density at radius 2 is 1.54 bits per heavy atom. The van der Waals surface area contributed by atoms with Gasteiger partial charge in [-0.3, -0.25) is 10.1 Å². The number of benzene rings is 3. The molecule has 3 aromatic carbocycles. The van der Waals surface area contributed by atoms with Crippen molar-refractivity contribution >= 4 is 29.1 Å². The number of anilines is 1. The molecule has 0 aliphatic heterocycles. The highest BCUT2D eigenvalue weighted by atomic mass is 32.1. The van der Waals surface area contributed by atoms with Gasteiger partial charge in [-0.25, -0.2) is 9.18 Å². The summed E-state index contributed by atoms with van der Waals surface area (Å²) in [5, 5.41) is 11.6. The molecule has 0 radical (unpaired) electrons. The van der Waals surface area contributed by atoms with Gasteiger partial charge in [0.15, 0.2) is 5.13 Å². The van der Waals surface area contributed by atoms with Crippen molar-refractivity contribution in [1.29, 1.82) is 0 Å². The van der Waals surface area contributed by atoms with Crippen LogP contribution in [0.5, 0.6) is 0 Å². The molecule has 1 amide bonds. The monoisotopic (exact) mass is 519 g/mol. The number of hydrogen-bond acceptors (Lipinski definition) is 4. The summed E-state index contributed by atoms with van der Waals surface area (Å²) >= 11 is 0.891. The van der Waals surface area contributed by atoms with E-state index in [4.69, 9.17) is 4.74 Å². The van der Waals surface area contributed by atoms with Crippen LogP contribution in [0.15, 0.2) is 78.9 Å². The van der Waals surface area contributed by atoms with Gasteiger partial charge in [0, 0.05) is 11.6 Å². The number of amides is 1. The molecular formula is C29H23F2NO4S. The number of carbonyl (C=O) groups excluding carboxylic acids is 1. The van der Waals surface area contributed by atoms with E-state index in [0.29, 0.717) is 23.3 Å². The fraction of sp³-hybridized carbons (Fsp3) is 0.172. The SMILES string of the molecule is C[C@@H](OC(=O)Nc1cc(F)sc1-c1ccc(-c2ccc(C3(C(=O)O)CC3)cc2)cc1)c1ccccc1F. The zero-order valence-electron chi connectivity index (χ0n) is 19.8. The molecule has 188 valence electrons. The molecule has 8 heteroatoms. The Morgan fingerprint density at radius 3 is 2.14 bits per heavy atom. The second kappa shape index (κ2) is 9.78. The first-order chi connectivity index (χ1) is 17.8. The summed E-state index contributed by atoms with van der Waals surface area (Å²) in [5.74, 6) is -1.27. The molecule has 1 aliphatic carbocycles.